The summed E-state index contributed by atoms with van der Waals surface area (Å²) in [5, 5.41) is 9.16. The van der Waals surface area contributed by atoms with Crippen molar-refractivity contribution < 1.29 is 24.1 Å². The van der Waals surface area contributed by atoms with Crippen LogP contribution in [0.2, 0.25) is 0 Å². The third-order valence-corrected chi connectivity index (χ3v) is 2.86. The number of rotatable bonds is 7. The number of methoxy groups -OCH3 is 1. The molecule has 0 aliphatic rings. The Morgan fingerprint density at radius 2 is 2.05 bits per heavy atom. The van der Waals surface area contributed by atoms with Gasteiger partial charge in [0.1, 0.15) is 12.4 Å². The summed E-state index contributed by atoms with van der Waals surface area (Å²) in [5.41, 5.74) is 0.733. The molecule has 0 aliphatic heterocycles. The molecular weight excluding hydrogens is 286 g/mol. The first-order chi connectivity index (χ1) is 10.6. The first kappa shape index (κ1) is 15.6. The highest BCUT2D eigenvalue weighted by Crippen LogP contribution is 2.21. The monoisotopic (exact) mass is 303 g/mol. The van der Waals surface area contributed by atoms with E-state index in [2.05, 4.69) is 4.98 Å². The molecule has 0 radical (unpaired) electrons. The molecule has 0 saturated carbocycles. The number of hydrogen-bond donors (Lipinski definition) is 1. The van der Waals surface area contributed by atoms with Gasteiger partial charge in [-0.25, -0.2) is 9.78 Å². The van der Waals surface area contributed by atoms with E-state index in [9.17, 15) is 4.79 Å². The second kappa shape index (κ2) is 7.31. The average Bonchev–Trinajstić information content (AvgIpc) is 2.54. The molecule has 116 valence electrons. The summed E-state index contributed by atoms with van der Waals surface area (Å²) in [7, 11) is 1.59. The van der Waals surface area contributed by atoms with Crippen molar-refractivity contribution in [3.63, 3.8) is 0 Å². The summed E-state index contributed by atoms with van der Waals surface area (Å²) in [5.74, 6) is 0.0228. The Morgan fingerprint density at radius 1 is 1.23 bits per heavy atom. The predicted octanol–water partition coefficient (Wildman–Crippen LogP) is 2.77. The number of benzene rings is 1. The van der Waals surface area contributed by atoms with Crippen molar-refractivity contribution >= 4 is 5.97 Å². The van der Waals surface area contributed by atoms with Crippen LogP contribution >= 0.6 is 0 Å². The molecule has 0 amide bonds. The number of nitrogens with zero attached hydrogens (tertiary/aromatic N) is 1. The molecule has 0 saturated heterocycles. The smallest absolute Gasteiger partial charge is 0.358 e. The number of carboxylic acids is 1. The van der Waals surface area contributed by atoms with Crippen LogP contribution in [0.1, 0.15) is 23.0 Å². The lowest BCUT2D eigenvalue weighted by Crippen LogP contribution is -2.07. The molecule has 0 fully saturated rings. The van der Waals surface area contributed by atoms with Crippen LogP contribution < -0.4 is 14.2 Å². The fourth-order valence-corrected chi connectivity index (χ4v) is 1.85. The van der Waals surface area contributed by atoms with E-state index in [-0.39, 0.29) is 23.9 Å². The van der Waals surface area contributed by atoms with Gasteiger partial charge in [0.2, 0.25) is 5.88 Å². The Kier molecular flexibility index (Phi) is 5.19. The summed E-state index contributed by atoms with van der Waals surface area (Å²) < 4.78 is 15.9. The minimum absolute atomic E-state index is 0.162. The van der Waals surface area contributed by atoms with Gasteiger partial charge in [-0.1, -0.05) is 12.1 Å². The van der Waals surface area contributed by atoms with Crippen molar-refractivity contribution in [2.75, 3.05) is 13.7 Å². The lowest BCUT2D eigenvalue weighted by Gasteiger charge is -2.10. The van der Waals surface area contributed by atoms with Crippen LogP contribution in [0.5, 0.6) is 17.4 Å². The molecule has 0 atom stereocenters. The third kappa shape index (κ3) is 3.88. The third-order valence-electron chi connectivity index (χ3n) is 2.86. The molecule has 0 bridgehead atoms. The van der Waals surface area contributed by atoms with E-state index in [0.29, 0.717) is 6.61 Å². The zero-order chi connectivity index (χ0) is 15.9. The van der Waals surface area contributed by atoms with Crippen molar-refractivity contribution in [3.8, 4) is 17.4 Å². The van der Waals surface area contributed by atoms with Crippen molar-refractivity contribution in [2.45, 2.75) is 13.5 Å². The van der Waals surface area contributed by atoms with E-state index in [0.717, 1.165) is 11.3 Å². The van der Waals surface area contributed by atoms with Crippen molar-refractivity contribution in [2.24, 2.45) is 0 Å². The molecule has 1 N–H and O–H groups in total. The number of hydrogen-bond acceptors (Lipinski definition) is 5. The maximum Gasteiger partial charge on any atom is 0.358 e. The van der Waals surface area contributed by atoms with Gasteiger partial charge in [0, 0.05) is 6.07 Å². The van der Waals surface area contributed by atoms with E-state index < -0.39 is 5.97 Å². The van der Waals surface area contributed by atoms with Crippen LogP contribution in [0.15, 0.2) is 36.4 Å². The van der Waals surface area contributed by atoms with Crippen molar-refractivity contribution in [1.82, 2.24) is 4.98 Å². The highest BCUT2D eigenvalue weighted by atomic mass is 16.5. The minimum Gasteiger partial charge on any atom is -0.497 e. The quantitative estimate of drug-likeness (QED) is 0.847. The molecule has 6 nitrogen and oxygen atoms in total. The molecule has 2 rings (SSSR count). The molecule has 1 aromatic heterocycles. The van der Waals surface area contributed by atoms with Gasteiger partial charge in [0.05, 0.1) is 13.7 Å². The van der Waals surface area contributed by atoms with Gasteiger partial charge in [-0.2, -0.15) is 0 Å². The summed E-state index contributed by atoms with van der Waals surface area (Å²) in [6.45, 7) is 2.40. The first-order valence-electron chi connectivity index (χ1n) is 6.77. The van der Waals surface area contributed by atoms with Gasteiger partial charge in [-0.15, -0.1) is 0 Å². The van der Waals surface area contributed by atoms with Gasteiger partial charge in [-0.3, -0.25) is 0 Å². The van der Waals surface area contributed by atoms with Gasteiger partial charge in [-0.05, 0) is 30.7 Å². The predicted molar refractivity (Wildman–Crippen MR) is 79.7 cm³/mol. The highest BCUT2D eigenvalue weighted by molar-refractivity contribution is 5.88. The van der Waals surface area contributed by atoms with Crippen LogP contribution in [0.25, 0.3) is 0 Å². The van der Waals surface area contributed by atoms with Crippen LogP contribution in [0, 0.1) is 0 Å². The molecular formula is C16H17NO5. The standard InChI is InChI=1S/C16H17NO5/c1-3-21-13-7-8-14(17-15(13)16(18)19)22-10-11-5-4-6-12(9-11)20-2/h4-9H,3,10H2,1-2H3,(H,18,19). The SMILES string of the molecule is CCOc1ccc(OCc2cccc(OC)c2)nc1C(=O)O. The highest BCUT2D eigenvalue weighted by Gasteiger charge is 2.14. The largest absolute Gasteiger partial charge is 0.497 e. The molecule has 0 aliphatic carbocycles. The first-order valence-corrected chi connectivity index (χ1v) is 6.77. The summed E-state index contributed by atoms with van der Waals surface area (Å²) >= 11 is 0. The van der Waals surface area contributed by atoms with Gasteiger partial charge in [0.25, 0.3) is 0 Å². The molecule has 22 heavy (non-hydrogen) atoms. The van der Waals surface area contributed by atoms with Gasteiger partial charge >= 0.3 is 5.97 Å². The lowest BCUT2D eigenvalue weighted by atomic mass is 10.2. The second-order valence-electron chi connectivity index (χ2n) is 4.37. The summed E-state index contributed by atoms with van der Waals surface area (Å²) in [6.07, 6.45) is 0. The van der Waals surface area contributed by atoms with E-state index in [1.165, 1.54) is 0 Å². The minimum atomic E-state index is -1.16. The fraction of sp³-hybridized carbons (Fsp3) is 0.250. The fourth-order valence-electron chi connectivity index (χ4n) is 1.85. The topological polar surface area (TPSA) is 77.9 Å². The Morgan fingerprint density at radius 3 is 2.73 bits per heavy atom. The van der Waals surface area contributed by atoms with Crippen LogP contribution in [-0.4, -0.2) is 29.8 Å². The summed E-state index contributed by atoms with van der Waals surface area (Å²) in [4.78, 5) is 15.2. The molecule has 0 unspecified atom stereocenters. The number of aromatic carboxylic acids is 1. The van der Waals surface area contributed by atoms with E-state index >= 15 is 0 Å². The van der Waals surface area contributed by atoms with Gasteiger partial charge in [0.15, 0.2) is 11.4 Å². The number of aromatic nitrogens is 1. The van der Waals surface area contributed by atoms with E-state index in [1.807, 2.05) is 24.3 Å². The summed E-state index contributed by atoms with van der Waals surface area (Å²) in [6, 6.07) is 10.5. The van der Waals surface area contributed by atoms with E-state index in [1.54, 1.807) is 26.2 Å². The van der Waals surface area contributed by atoms with Crippen LogP contribution in [0.4, 0.5) is 0 Å². The number of carboxylic acid groups (broad SMARTS) is 1. The van der Waals surface area contributed by atoms with Gasteiger partial charge < -0.3 is 19.3 Å². The molecule has 0 spiro atoms. The van der Waals surface area contributed by atoms with Crippen molar-refractivity contribution in [3.05, 3.63) is 47.7 Å². The molecule has 6 heteroatoms. The Bertz CT molecular complexity index is 657. The van der Waals surface area contributed by atoms with Crippen LogP contribution in [0.3, 0.4) is 0 Å². The van der Waals surface area contributed by atoms with Crippen molar-refractivity contribution in [1.29, 1.82) is 0 Å². The molecule has 2 aromatic rings. The molecule has 1 heterocycles. The lowest BCUT2D eigenvalue weighted by molar-refractivity contribution is 0.0684. The number of ether oxygens (including phenoxy) is 3. The maximum atomic E-state index is 11.2. The zero-order valence-electron chi connectivity index (χ0n) is 12.4. The number of pyridine rings is 1. The Balaban J connectivity index is 2.12. The maximum absolute atomic E-state index is 11.2. The number of carbonyl (C=O) groups is 1. The Hall–Kier alpha value is -2.76. The second-order valence-corrected chi connectivity index (χ2v) is 4.37. The van der Waals surface area contributed by atoms with Crippen LogP contribution in [-0.2, 0) is 6.61 Å². The molecule has 1 aromatic carbocycles. The zero-order valence-corrected chi connectivity index (χ0v) is 12.4. The Labute approximate surface area is 128 Å². The van der Waals surface area contributed by atoms with E-state index in [4.69, 9.17) is 19.3 Å². The normalized spacial score (nSPS) is 10.1. The average molecular weight is 303 g/mol.